The number of anilines is 1. The number of nitrogens with zero attached hydrogens (tertiary/aromatic N) is 2. The molecule has 110 valence electrons. The Morgan fingerprint density at radius 1 is 1.09 bits per heavy atom. The van der Waals surface area contributed by atoms with Crippen LogP contribution in [0.15, 0.2) is 52.9 Å². The molecule has 0 saturated heterocycles. The third kappa shape index (κ3) is 2.99. The molecule has 1 heterocycles. The van der Waals surface area contributed by atoms with Crippen LogP contribution in [0.3, 0.4) is 0 Å². The fraction of sp³-hybridized carbons (Fsp3) is 0.0625. The standard InChI is InChI=1S/C16H12ClN3O2/c1-10-4-2-3-5-13(10)14(21)18-16-20-19-15(22-16)11-6-8-12(17)9-7-11/h2-9H,1H3,(H,18,20,21). The zero-order valence-electron chi connectivity index (χ0n) is 11.7. The van der Waals surface area contributed by atoms with Gasteiger partial charge < -0.3 is 4.42 Å². The number of aryl methyl sites for hydroxylation is 1. The minimum absolute atomic E-state index is 0.0539. The van der Waals surface area contributed by atoms with Crippen molar-refractivity contribution >= 4 is 23.5 Å². The van der Waals surface area contributed by atoms with E-state index in [1.165, 1.54) is 0 Å². The third-order valence-electron chi connectivity index (χ3n) is 3.13. The lowest BCUT2D eigenvalue weighted by Crippen LogP contribution is -2.13. The van der Waals surface area contributed by atoms with Gasteiger partial charge >= 0.3 is 6.01 Å². The molecular formula is C16H12ClN3O2. The van der Waals surface area contributed by atoms with Crippen LogP contribution in [-0.2, 0) is 0 Å². The van der Waals surface area contributed by atoms with E-state index in [2.05, 4.69) is 15.5 Å². The lowest BCUT2D eigenvalue weighted by atomic mass is 10.1. The number of carbonyl (C=O) groups excluding carboxylic acids is 1. The summed E-state index contributed by atoms with van der Waals surface area (Å²) in [6.45, 7) is 1.86. The second-order valence-corrected chi connectivity index (χ2v) is 5.12. The molecule has 0 bridgehead atoms. The van der Waals surface area contributed by atoms with Crippen molar-refractivity contribution in [1.29, 1.82) is 0 Å². The molecule has 0 aliphatic rings. The lowest BCUT2D eigenvalue weighted by Gasteiger charge is -2.03. The number of hydrogen-bond acceptors (Lipinski definition) is 4. The highest BCUT2D eigenvalue weighted by molar-refractivity contribution is 6.30. The topological polar surface area (TPSA) is 68.0 Å². The number of aromatic nitrogens is 2. The Labute approximate surface area is 131 Å². The Balaban J connectivity index is 1.78. The quantitative estimate of drug-likeness (QED) is 0.795. The van der Waals surface area contributed by atoms with Crippen LogP contribution in [0.1, 0.15) is 15.9 Å². The van der Waals surface area contributed by atoms with E-state index in [-0.39, 0.29) is 11.9 Å². The number of hydrogen-bond donors (Lipinski definition) is 1. The largest absolute Gasteiger partial charge is 0.403 e. The van der Waals surface area contributed by atoms with Crippen molar-refractivity contribution in [2.24, 2.45) is 0 Å². The van der Waals surface area contributed by atoms with Crippen LogP contribution in [0.4, 0.5) is 6.01 Å². The Hall–Kier alpha value is -2.66. The summed E-state index contributed by atoms with van der Waals surface area (Å²) in [6.07, 6.45) is 0. The maximum absolute atomic E-state index is 12.2. The SMILES string of the molecule is Cc1ccccc1C(=O)Nc1nnc(-c2ccc(Cl)cc2)o1. The normalized spacial score (nSPS) is 10.5. The molecule has 0 spiro atoms. The van der Waals surface area contributed by atoms with E-state index in [0.29, 0.717) is 16.5 Å². The molecule has 5 nitrogen and oxygen atoms in total. The van der Waals surface area contributed by atoms with Gasteiger partial charge in [-0.05, 0) is 42.8 Å². The van der Waals surface area contributed by atoms with Crippen LogP contribution in [0, 0.1) is 6.92 Å². The Morgan fingerprint density at radius 3 is 2.55 bits per heavy atom. The van der Waals surface area contributed by atoms with Gasteiger partial charge in [0.1, 0.15) is 0 Å². The van der Waals surface area contributed by atoms with Crippen molar-refractivity contribution in [2.45, 2.75) is 6.92 Å². The zero-order valence-corrected chi connectivity index (χ0v) is 12.5. The molecule has 0 unspecified atom stereocenters. The molecule has 0 aliphatic carbocycles. The van der Waals surface area contributed by atoms with Gasteiger partial charge in [0.2, 0.25) is 5.89 Å². The molecule has 0 saturated carbocycles. The van der Waals surface area contributed by atoms with Gasteiger partial charge in [-0.2, -0.15) is 0 Å². The number of rotatable bonds is 3. The number of carbonyl (C=O) groups is 1. The highest BCUT2D eigenvalue weighted by Crippen LogP contribution is 2.22. The Morgan fingerprint density at radius 2 is 1.82 bits per heavy atom. The minimum Gasteiger partial charge on any atom is -0.403 e. The summed E-state index contributed by atoms with van der Waals surface area (Å²) >= 11 is 5.83. The van der Waals surface area contributed by atoms with Gasteiger partial charge in [-0.1, -0.05) is 34.9 Å². The van der Waals surface area contributed by atoms with E-state index in [1.54, 1.807) is 36.4 Å². The van der Waals surface area contributed by atoms with Crippen LogP contribution in [0.25, 0.3) is 11.5 Å². The minimum atomic E-state index is -0.288. The van der Waals surface area contributed by atoms with Crippen molar-refractivity contribution < 1.29 is 9.21 Å². The highest BCUT2D eigenvalue weighted by atomic mass is 35.5. The summed E-state index contributed by atoms with van der Waals surface area (Å²) in [7, 11) is 0. The van der Waals surface area contributed by atoms with Crippen molar-refractivity contribution in [1.82, 2.24) is 10.2 Å². The fourth-order valence-corrected chi connectivity index (χ4v) is 2.10. The van der Waals surface area contributed by atoms with E-state index in [0.717, 1.165) is 11.1 Å². The average Bonchev–Trinajstić information content (AvgIpc) is 2.97. The van der Waals surface area contributed by atoms with Crippen molar-refractivity contribution in [3.8, 4) is 11.5 Å². The second-order valence-electron chi connectivity index (χ2n) is 4.69. The Bertz CT molecular complexity index is 812. The van der Waals surface area contributed by atoms with Crippen LogP contribution in [0.5, 0.6) is 0 Å². The van der Waals surface area contributed by atoms with Crippen LogP contribution >= 0.6 is 11.6 Å². The van der Waals surface area contributed by atoms with Crippen molar-refractivity contribution in [3.05, 3.63) is 64.7 Å². The smallest absolute Gasteiger partial charge is 0.322 e. The summed E-state index contributed by atoms with van der Waals surface area (Å²) in [5.41, 5.74) is 2.17. The van der Waals surface area contributed by atoms with Crippen molar-refractivity contribution in [2.75, 3.05) is 5.32 Å². The van der Waals surface area contributed by atoms with Gasteiger partial charge in [0, 0.05) is 16.1 Å². The number of amides is 1. The first kappa shape index (κ1) is 14.3. The first-order valence-electron chi connectivity index (χ1n) is 6.60. The summed E-state index contributed by atoms with van der Waals surface area (Å²) in [6, 6.07) is 14.3. The predicted molar refractivity (Wildman–Crippen MR) is 83.9 cm³/mol. The van der Waals surface area contributed by atoms with Crippen LogP contribution in [-0.4, -0.2) is 16.1 Å². The van der Waals surface area contributed by atoms with Crippen LogP contribution in [0.2, 0.25) is 5.02 Å². The second kappa shape index (κ2) is 5.99. The molecule has 1 amide bonds. The molecule has 0 radical (unpaired) electrons. The maximum atomic E-state index is 12.2. The fourth-order valence-electron chi connectivity index (χ4n) is 1.97. The average molecular weight is 314 g/mol. The van der Waals surface area contributed by atoms with Gasteiger partial charge in [-0.25, -0.2) is 0 Å². The molecule has 0 aliphatic heterocycles. The molecule has 0 fully saturated rings. The van der Waals surface area contributed by atoms with Gasteiger partial charge in [0.15, 0.2) is 0 Å². The first-order chi connectivity index (χ1) is 10.6. The molecule has 3 aromatic rings. The molecule has 1 aromatic heterocycles. The summed E-state index contributed by atoms with van der Waals surface area (Å²) in [4.78, 5) is 12.2. The molecule has 22 heavy (non-hydrogen) atoms. The first-order valence-corrected chi connectivity index (χ1v) is 6.98. The number of nitrogens with one attached hydrogen (secondary N) is 1. The van der Waals surface area contributed by atoms with E-state index in [1.807, 2.05) is 19.1 Å². The monoisotopic (exact) mass is 313 g/mol. The molecule has 0 atom stereocenters. The zero-order chi connectivity index (χ0) is 15.5. The molecular weight excluding hydrogens is 302 g/mol. The van der Waals surface area contributed by atoms with Gasteiger partial charge in [0.25, 0.3) is 5.91 Å². The third-order valence-corrected chi connectivity index (χ3v) is 3.38. The van der Waals surface area contributed by atoms with Gasteiger partial charge in [-0.3, -0.25) is 10.1 Å². The van der Waals surface area contributed by atoms with E-state index in [4.69, 9.17) is 16.0 Å². The predicted octanol–water partition coefficient (Wildman–Crippen LogP) is 3.95. The summed E-state index contributed by atoms with van der Waals surface area (Å²) in [5.74, 6) is 0.0288. The molecule has 3 rings (SSSR count). The molecule has 2 aromatic carbocycles. The van der Waals surface area contributed by atoms with Gasteiger partial charge in [0.05, 0.1) is 0 Å². The number of halogens is 1. The summed E-state index contributed by atoms with van der Waals surface area (Å²) < 4.78 is 5.44. The molecule has 6 heteroatoms. The lowest BCUT2D eigenvalue weighted by molar-refractivity contribution is 0.102. The maximum Gasteiger partial charge on any atom is 0.322 e. The van der Waals surface area contributed by atoms with Crippen LogP contribution < -0.4 is 5.32 Å². The molecule has 1 N–H and O–H groups in total. The van der Waals surface area contributed by atoms with Gasteiger partial charge in [-0.15, -0.1) is 5.10 Å². The number of benzene rings is 2. The van der Waals surface area contributed by atoms with E-state index < -0.39 is 0 Å². The Kier molecular flexibility index (Phi) is 3.89. The van der Waals surface area contributed by atoms with E-state index in [9.17, 15) is 4.79 Å². The summed E-state index contributed by atoms with van der Waals surface area (Å²) in [5, 5.41) is 11.0. The van der Waals surface area contributed by atoms with E-state index >= 15 is 0 Å². The highest BCUT2D eigenvalue weighted by Gasteiger charge is 2.13. The van der Waals surface area contributed by atoms with Crippen molar-refractivity contribution in [3.63, 3.8) is 0 Å².